The molecule has 2 heterocycles. The molecule has 0 unspecified atom stereocenters. The number of nitrogens with zero attached hydrogens (tertiary/aromatic N) is 1. The number of aliphatic hydroxyl groups is 1. The molecule has 2 aliphatic rings. The van der Waals surface area contributed by atoms with Gasteiger partial charge < -0.3 is 9.84 Å². The van der Waals surface area contributed by atoms with E-state index in [9.17, 15) is 5.11 Å². The lowest BCUT2D eigenvalue weighted by Crippen LogP contribution is -2.48. The van der Waals surface area contributed by atoms with E-state index in [1.807, 2.05) is 0 Å². The molecule has 2 atom stereocenters. The molecule has 3 aromatic rings. The second-order valence-electron chi connectivity index (χ2n) is 8.39. The highest BCUT2D eigenvalue weighted by Gasteiger charge is 2.33. The first-order valence-corrected chi connectivity index (χ1v) is 9.99. The van der Waals surface area contributed by atoms with Crippen LogP contribution in [0.1, 0.15) is 35.1 Å². The molecule has 140 valence electrons. The van der Waals surface area contributed by atoms with Crippen molar-refractivity contribution in [1.29, 1.82) is 0 Å². The van der Waals surface area contributed by atoms with Gasteiger partial charge >= 0.3 is 0 Å². The van der Waals surface area contributed by atoms with Crippen LogP contribution in [-0.2, 0) is 13.0 Å². The molecule has 0 amide bonds. The fraction of sp³-hybridized carbons (Fsp3) is 0.417. The molecule has 1 fully saturated rings. The van der Waals surface area contributed by atoms with Crippen LogP contribution in [0.25, 0.3) is 21.5 Å². The van der Waals surface area contributed by atoms with E-state index in [1.165, 1.54) is 43.8 Å². The van der Waals surface area contributed by atoms with E-state index < -0.39 is 0 Å². The third-order valence-electron chi connectivity index (χ3n) is 6.61. The molecule has 3 aromatic carbocycles. The zero-order valence-electron chi connectivity index (χ0n) is 16.4. The summed E-state index contributed by atoms with van der Waals surface area (Å²) in [6.45, 7) is 6.03. The van der Waals surface area contributed by atoms with Gasteiger partial charge in [0.2, 0.25) is 0 Å². The van der Waals surface area contributed by atoms with Crippen LogP contribution in [0.5, 0.6) is 5.75 Å². The van der Waals surface area contributed by atoms with Gasteiger partial charge in [-0.3, -0.25) is 4.90 Å². The van der Waals surface area contributed by atoms with Gasteiger partial charge in [-0.2, -0.15) is 0 Å². The van der Waals surface area contributed by atoms with Gasteiger partial charge in [0, 0.05) is 19.1 Å². The van der Waals surface area contributed by atoms with Crippen molar-refractivity contribution in [2.75, 3.05) is 13.7 Å². The summed E-state index contributed by atoms with van der Waals surface area (Å²) in [5.74, 6) is 0.971. The number of benzene rings is 3. The SMILES string of the molecule is COc1cc2c3c(c4ccc(C)cc4c2cc1C)CN1C[C@@H](O)CC[C@@H]1C3. The fourth-order valence-electron chi connectivity index (χ4n) is 5.21. The molecular weight excluding hydrogens is 334 g/mol. The number of aryl methyl sites for hydroxylation is 2. The molecule has 0 aromatic heterocycles. The molecule has 3 heteroatoms. The second kappa shape index (κ2) is 6.22. The lowest BCUT2D eigenvalue weighted by molar-refractivity contribution is 0.0256. The summed E-state index contributed by atoms with van der Waals surface area (Å²) in [5, 5.41) is 15.5. The van der Waals surface area contributed by atoms with E-state index in [2.05, 4.69) is 49.1 Å². The molecule has 0 saturated carbocycles. The van der Waals surface area contributed by atoms with Gasteiger partial charge in [-0.1, -0.05) is 23.8 Å². The van der Waals surface area contributed by atoms with Gasteiger partial charge in [-0.15, -0.1) is 0 Å². The fourth-order valence-corrected chi connectivity index (χ4v) is 5.21. The average Bonchev–Trinajstić information content (AvgIpc) is 2.66. The number of fused-ring (bicyclic) bond motifs is 7. The van der Waals surface area contributed by atoms with Crippen LogP contribution < -0.4 is 4.74 Å². The Balaban J connectivity index is 1.83. The number of hydrogen-bond acceptors (Lipinski definition) is 3. The van der Waals surface area contributed by atoms with Crippen molar-refractivity contribution in [3.05, 3.63) is 52.6 Å². The van der Waals surface area contributed by atoms with Gasteiger partial charge in [0.1, 0.15) is 5.75 Å². The summed E-state index contributed by atoms with van der Waals surface area (Å²) in [6, 6.07) is 11.9. The predicted octanol–water partition coefficient (Wildman–Crippen LogP) is 4.50. The summed E-state index contributed by atoms with van der Waals surface area (Å²) in [6.07, 6.45) is 2.88. The van der Waals surface area contributed by atoms with Crippen molar-refractivity contribution in [3.8, 4) is 5.75 Å². The van der Waals surface area contributed by atoms with Gasteiger partial charge in [-0.25, -0.2) is 0 Å². The zero-order chi connectivity index (χ0) is 18.7. The molecule has 0 spiro atoms. The van der Waals surface area contributed by atoms with Crippen LogP contribution in [0, 0.1) is 13.8 Å². The maximum atomic E-state index is 10.2. The van der Waals surface area contributed by atoms with Crippen LogP contribution in [0.2, 0.25) is 0 Å². The minimum atomic E-state index is -0.181. The van der Waals surface area contributed by atoms with Gasteiger partial charge in [0.15, 0.2) is 0 Å². The molecule has 1 N–H and O–H groups in total. The van der Waals surface area contributed by atoms with E-state index in [-0.39, 0.29) is 6.10 Å². The molecule has 27 heavy (non-hydrogen) atoms. The first-order chi connectivity index (χ1) is 13.0. The van der Waals surface area contributed by atoms with E-state index >= 15 is 0 Å². The van der Waals surface area contributed by atoms with Crippen LogP contribution in [0.15, 0.2) is 30.3 Å². The molecule has 3 nitrogen and oxygen atoms in total. The van der Waals surface area contributed by atoms with Crippen molar-refractivity contribution in [2.24, 2.45) is 0 Å². The monoisotopic (exact) mass is 361 g/mol. The Labute approximate surface area is 160 Å². The third kappa shape index (κ3) is 2.64. The summed E-state index contributed by atoms with van der Waals surface area (Å²) in [7, 11) is 1.76. The number of rotatable bonds is 1. The van der Waals surface area contributed by atoms with Crippen LogP contribution in [-0.4, -0.2) is 35.8 Å². The highest BCUT2D eigenvalue weighted by Crippen LogP contribution is 2.41. The third-order valence-corrected chi connectivity index (χ3v) is 6.61. The first kappa shape index (κ1) is 17.0. The number of aliphatic hydroxyl groups excluding tert-OH is 1. The smallest absolute Gasteiger partial charge is 0.122 e. The topological polar surface area (TPSA) is 32.7 Å². The summed E-state index contributed by atoms with van der Waals surface area (Å²) < 4.78 is 5.66. The van der Waals surface area contributed by atoms with Crippen LogP contribution in [0.3, 0.4) is 0 Å². The van der Waals surface area contributed by atoms with Gasteiger partial charge in [0.25, 0.3) is 0 Å². The van der Waals surface area contributed by atoms with Crippen LogP contribution >= 0.6 is 0 Å². The average molecular weight is 361 g/mol. The lowest BCUT2D eigenvalue weighted by Gasteiger charge is -2.42. The lowest BCUT2D eigenvalue weighted by atomic mass is 9.81. The first-order valence-electron chi connectivity index (χ1n) is 9.99. The molecule has 1 saturated heterocycles. The van der Waals surface area contributed by atoms with E-state index in [0.717, 1.165) is 38.1 Å². The Hall–Kier alpha value is -2.10. The Morgan fingerprint density at radius 2 is 1.78 bits per heavy atom. The van der Waals surface area contributed by atoms with Gasteiger partial charge in [0.05, 0.1) is 13.2 Å². The molecule has 0 aliphatic carbocycles. The maximum Gasteiger partial charge on any atom is 0.122 e. The highest BCUT2D eigenvalue weighted by atomic mass is 16.5. The van der Waals surface area contributed by atoms with Gasteiger partial charge in [-0.05, 0) is 83.5 Å². The van der Waals surface area contributed by atoms with Crippen molar-refractivity contribution in [3.63, 3.8) is 0 Å². The second-order valence-corrected chi connectivity index (χ2v) is 8.39. The molecular formula is C24H27NO2. The minimum absolute atomic E-state index is 0.181. The number of hydrogen-bond donors (Lipinski definition) is 1. The molecule has 0 bridgehead atoms. The Kier molecular flexibility index (Phi) is 3.92. The normalized spacial score (nSPS) is 22.7. The predicted molar refractivity (Wildman–Crippen MR) is 111 cm³/mol. The summed E-state index contributed by atoms with van der Waals surface area (Å²) in [5.41, 5.74) is 5.40. The Bertz CT molecular complexity index is 1060. The molecule has 0 radical (unpaired) electrons. The summed E-state index contributed by atoms with van der Waals surface area (Å²) >= 11 is 0. The van der Waals surface area contributed by atoms with Crippen molar-refractivity contribution >= 4 is 21.5 Å². The maximum absolute atomic E-state index is 10.2. The Morgan fingerprint density at radius 1 is 0.963 bits per heavy atom. The standard InChI is InChI=1S/C24H27NO2/c1-14-4-7-18-19(8-14)20-9-15(2)24(27-3)11-22(20)21-10-16-5-6-17(26)12-25(16)13-23(18)21/h4,7-9,11,16-17,26H,5-6,10,12-13H2,1-3H3/t16-,17+/m1/s1. The Morgan fingerprint density at radius 3 is 2.59 bits per heavy atom. The highest BCUT2D eigenvalue weighted by molar-refractivity contribution is 6.11. The van der Waals surface area contributed by atoms with Crippen molar-refractivity contribution in [2.45, 2.75) is 51.8 Å². The van der Waals surface area contributed by atoms with E-state index in [4.69, 9.17) is 4.74 Å². The number of piperidine rings is 1. The zero-order valence-corrected chi connectivity index (χ0v) is 16.4. The minimum Gasteiger partial charge on any atom is -0.496 e. The van der Waals surface area contributed by atoms with E-state index in [0.29, 0.717) is 6.04 Å². The van der Waals surface area contributed by atoms with Crippen molar-refractivity contribution < 1.29 is 9.84 Å². The number of methoxy groups -OCH3 is 1. The van der Waals surface area contributed by atoms with E-state index in [1.54, 1.807) is 7.11 Å². The van der Waals surface area contributed by atoms with Crippen molar-refractivity contribution in [1.82, 2.24) is 4.90 Å². The quantitative estimate of drug-likeness (QED) is 0.648. The number of ether oxygens (including phenoxy) is 1. The van der Waals surface area contributed by atoms with Crippen LogP contribution in [0.4, 0.5) is 0 Å². The molecule has 2 aliphatic heterocycles. The summed E-state index contributed by atoms with van der Waals surface area (Å²) in [4.78, 5) is 2.49. The largest absolute Gasteiger partial charge is 0.496 e. The molecule has 5 rings (SSSR count).